The molecule has 0 spiro atoms. The van der Waals surface area contributed by atoms with Crippen LogP contribution in [0.3, 0.4) is 0 Å². The van der Waals surface area contributed by atoms with Gasteiger partial charge in [-0.25, -0.2) is 0 Å². The summed E-state index contributed by atoms with van der Waals surface area (Å²) in [5.41, 5.74) is 2.57. The first-order valence-corrected chi connectivity index (χ1v) is 10.6. The van der Waals surface area contributed by atoms with Gasteiger partial charge in [0.1, 0.15) is 0 Å². The van der Waals surface area contributed by atoms with Crippen molar-refractivity contribution in [2.24, 2.45) is 0 Å². The van der Waals surface area contributed by atoms with Crippen molar-refractivity contribution in [2.45, 2.75) is 45.0 Å². The summed E-state index contributed by atoms with van der Waals surface area (Å²) in [6.07, 6.45) is 1.49. The second-order valence-corrected chi connectivity index (χ2v) is 7.71. The smallest absolute Gasteiger partial charge is 0.0708 e. The largest absolute Gasteiger partial charge is 0.391 e. The maximum Gasteiger partial charge on any atom is 0.0708 e. The third kappa shape index (κ3) is 6.42. The molecule has 2 aromatic carbocycles. The first-order chi connectivity index (χ1) is 13.8. The van der Waals surface area contributed by atoms with E-state index >= 15 is 0 Å². The van der Waals surface area contributed by atoms with Gasteiger partial charge in [-0.05, 0) is 17.5 Å². The van der Waals surface area contributed by atoms with Gasteiger partial charge in [0.2, 0.25) is 0 Å². The minimum atomic E-state index is -0.333. The summed E-state index contributed by atoms with van der Waals surface area (Å²) in [4.78, 5) is 4.90. The van der Waals surface area contributed by atoms with Crippen molar-refractivity contribution in [2.75, 3.05) is 32.8 Å². The Balaban J connectivity index is 1.82. The van der Waals surface area contributed by atoms with Crippen molar-refractivity contribution in [3.05, 3.63) is 71.8 Å². The van der Waals surface area contributed by atoms with Gasteiger partial charge >= 0.3 is 0 Å². The fourth-order valence-electron chi connectivity index (χ4n) is 3.94. The molecule has 152 valence electrons. The second-order valence-electron chi connectivity index (χ2n) is 7.71. The van der Waals surface area contributed by atoms with Crippen LogP contribution in [0, 0.1) is 0 Å². The average Bonchev–Trinajstić information content (AvgIpc) is 2.74. The molecule has 28 heavy (non-hydrogen) atoms. The molecular weight excluding hydrogens is 348 g/mol. The van der Waals surface area contributed by atoms with Crippen molar-refractivity contribution in [1.82, 2.24) is 9.80 Å². The Hall–Kier alpha value is -1.72. The van der Waals surface area contributed by atoms with Gasteiger partial charge in [-0.1, -0.05) is 74.0 Å². The molecule has 0 radical (unpaired) electrons. The van der Waals surface area contributed by atoms with Gasteiger partial charge in [0.05, 0.1) is 19.3 Å². The molecule has 2 atom stereocenters. The fourth-order valence-corrected chi connectivity index (χ4v) is 3.94. The number of hydrogen-bond donors (Lipinski definition) is 1. The van der Waals surface area contributed by atoms with Crippen molar-refractivity contribution < 1.29 is 9.84 Å². The Morgan fingerprint density at radius 1 is 0.929 bits per heavy atom. The van der Waals surface area contributed by atoms with E-state index in [0.717, 1.165) is 58.8 Å². The molecule has 0 aliphatic carbocycles. The van der Waals surface area contributed by atoms with Crippen LogP contribution in [0.2, 0.25) is 0 Å². The van der Waals surface area contributed by atoms with Crippen molar-refractivity contribution in [3.8, 4) is 0 Å². The first-order valence-electron chi connectivity index (χ1n) is 10.6. The Bertz CT molecular complexity index is 617. The van der Waals surface area contributed by atoms with Crippen molar-refractivity contribution in [3.63, 3.8) is 0 Å². The van der Waals surface area contributed by atoms with Gasteiger partial charge in [0, 0.05) is 38.8 Å². The quantitative estimate of drug-likeness (QED) is 0.682. The predicted molar refractivity (Wildman–Crippen MR) is 114 cm³/mol. The highest BCUT2D eigenvalue weighted by Gasteiger charge is 2.28. The zero-order chi connectivity index (χ0) is 19.6. The van der Waals surface area contributed by atoms with Crippen LogP contribution in [0.15, 0.2) is 60.7 Å². The third-order valence-corrected chi connectivity index (χ3v) is 5.50. The highest BCUT2D eigenvalue weighted by Crippen LogP contribution is 2.19. The fraction of sp³-hybridized carbons (Fsp3) is 0.500. The first kappa shape index (κ1) is 21.0. The van der Waals surface area contributed by atoms with E-state index in [1.807, 2.05) is 0 Å². The van der Waals surface area contributed by atoms with E-state index in [1.54, 1.807) is 0 Å². The van der Waals surface area contributed by atoms with Gasteiger partial charge in [-0.3, -0.25) is 9.80 Å². The zero-order valence-corrected chi connectivity index (χ0v) is 17.0. The summed E-state index contributed by atoms with van der Waals surface area (Å²) >= 11 is 0. The molecule has 4 heteroatoms. The molecule has 0 aromatic heterocycles. The maximum atomic E-state index is 11.1. The molecule has 1 N–H and O–H groups in total. The lowest BCUT2D eigenvalue weighted by molar-refractivity contribution is -0.0160. The summed E-state index contributed by atoms with van der Waals surface area (Å²) in [6.45, 7) is 8.16. The van der Waals surface area contributed by atoms with E-state index in [9.17, 15) is 5.11 Å². The number of aliphatic hydroxyl groups is 1. The molecule has 4 nitrogen and oxygen atoms in total. The lowest BCUT2D eigenvalue weighted by Gasteiger charge is -2.39. The normalized spacial score (nSPS) is 17.5. The van der Waals surface area contributed by atoms with Crippen LogP contribution in [-0.2, 0) is 17.8 Å². The summed E-state index contributed by atoms with van der Waals surface area (Å²) in [5, 5.41) is 11.1. The second kappa shape index (κ2) is 11.3. The van der Waals surface area contributed by atoms with E-state index in [0.29, 0.717) is 0 Å². The van der Waals surface area contributed by atoms with Gasteiger partial charge in [-0.2, -0.15) is 0 Å². The molecule has 0 bridgehead atoms. The van der Waals surface area contributed by atoms with E-state index < -0.39 is 0 Å². The Morgan fingerprint density at radius 2 is 1.46 bits per heavy atom. The minimum Gasteiger partial charge on any atom is -0.391 e. The minimum absolute atomic E-state index is 0.0958. The number of ether oxygens (including phenoxy) is 1. The third-order valence-electron chi connectivity index (χ3n) is 5.50. The van der Waals surface area contributed by atoms with Crippen LogP contribution in [0.4, 0.5) is 0 Å². The highest BCUT2D eigenvalue weighted by molar-refractivity contribution is 5.17. The summed E-state index contributed by atoms with van der Waals surface area (Å²) in [7, 11) is 0. The monoisotopic (exact) mass is 382 g/mol. The Kier molecular flexibility index (Phi) is 8.49. The van der Waals surface area contributed by atoms with Gasteiger partial charge in [-0.15, -0.1) is 0 Å². The molecule has 1 aliphatic heterocycles. The zero-order valence-electron chi connectivity index (χ0n) is 17.0. The lowest BCUT2D eigenvalue weighted by Crippen LogP contribution is -2.52. The number of aliphatic hydroxyl groups excluding tert-OH is 1. The van der Waals surface area contributed by atoms with Crippen LogP contribution in [-0.4, -0.2) is 59.9 Å². The van der Waals surface area contributed by atoms with Crippen LogP contribution in [0.5, 0.6) is 0 Å². The number of morpholine rings is 1. The van der Waals surface area contributed by atoms with E-state index in [2.05, 4.69) is 77.4 Å². The van der Waals surface area contributed by atoms with E-state index in [1.165, 1.54) is 11.1 Å². The van der Waals surface area contributed by atoms with Crippen LogP contribution >= 0.6 is 0 Å². The molecule has 0 amide bonds. The summed E-state index contributed by atoms with van der Waals surface area (Å²) in [5.74, 6) is 0. The van der Waals surface area contributed by atoms with Gasteiger partial charge < -0.3 is 9.84 Å². The summed E-state index contributed by atoms with van der Waals surface area (Å²) in [6, 6.07) is 21.3. The lowest BCUT2D eigenvalue weighted by atomic mass is 10.0. The van der Waals surface area contributed by atoms with Crippen molar-refractivity contribution in [1.29, 1.82) is 0 Å². The molecule has 2 aromatic rings. The molecule has 1 heterocycles. The van der Waals surface area contributed by atoms with Gasteiger partial charge in [0.15, 0.2) is 0 Å². The SMILES string of the molecule is CCC[C@H](O)[C@@H](CN1CCOCC1)N(Cc1ccccc1)Cc1ccccc1. The van der Waals surface area contributed by atoms with Crippen LogP contribution in [0.1, 0.15) is 30.9 Å². The highest BCUT2D eigenvalue weighted by atomic mass is 16.5. The molecule has 0 unspecified atom stereocenters. The van der Waals surface area contributed by atoms with Crippen molar-refractivity contribution >= 4 is 0 Å². The van der Waals surface area contributed by atoms with Crippen LogP contribution < -0.4 is 0 Å². The molecule has 1 aliphatic rings. The molecule has 1 fully saturated rings. The standard InChI is InChI=1S/C24H34N2O2/c1-2-9-24(27)23(20-25-14-16-28-17-15-25)26(18-21-10-5-3-6-11-21)19-22-12-7-4-8-13-22/h3-8,10-13,23-24,27H,2,9,14-20H2,1H3/t23-,24+/m1/s1. The van der Waals surface area contributed by atoms with Crippen LogP contribution in [0.25, 0.3) is 0 Å². The molecule has 3 rings (SSSR count). The number of rotatable bonds is 10. The van der Waals surface area contributed by atoms with E-state index in [4.69, 9.17) is 4.74 Å². The molecular formula is C24H34N2O2. The summed E-state index contributed by atoms with van der Waals surface area (Å²) < 4.78 is 5.52. The predicted octanol–water partition coefficient (Wildman–Crippen LogP) is 3.55. The van der Waals surface area contributed by atoms with Gasteiger partial charge in [0.25, 0.3) is 0 Å². The number of hydrogen-bond acceptors (Lipinski definition) is 4. The Labute approximate surface area is 169 Å². The van der Waals surface area contributed by atoms with E-state index in [-0.39, 0.29) is 12.1 Å². The topological polar surface area (TPSA) is 35.9 Å². The number of nitrogens with zero attached hydrogens (tertiary/aromatic N) is 2. The average molecular weight is 383 g/mol. The number of benzene rings is 2. The molecule has 1 saturated heterocycles. The maximum absolute atomic E-state index is 11.1. The Morgan fingerprint density at radius 3 is 1.96 bits per heavy atom. The molecule has 0 saturated carbocycles.